The van der Waals surface area contributed by atoms with E-state index < -0.39 is 0 Å². The zero-order valence-electron chi connectivity index (χ0n) is 10.1. The number of thiocarbonyl (C=S) groups is 1. The maximum atomic E-state index is 5.83. The molecule has 2 aromatic rings. The van der Waals surface area contributed by atoms with Crippen molar-refractivity contribution in [2.24, 2.45) is 5.73 Å². The van der Waals surface area contributed by atoms with Crippen molar-refractivity contribution in [2.45, 2.75) is 6.92 Å². The standard InChI is InChI=1S/C14H11Br2NOS/c1-8-6-10(3-4-11(8)14(17)19)18-13-5-2-9(15)7-12(13)16/h2-7H,1H3,(H2,17,19). The Balaban J connectivity index is 2.29. The molecule has 0 aromatic heterocycles. The first-order chi connectivity index (χ1) is 8.97. The predicted molar refractivity (Wildman–Crippen MR) is 89.0 cm³/mol. The van der Waals surface area contributed by atoms with Crippen LogP contribution in [-0.4, -0.2) is 4.99 Å². The Morgan fingerprint density at radius 2 is 1.89 bits per heavy atom. The van der Waals surface area contributed by atoms with Crippen molar-refractivity contribution in [3.05, 3.63) is 56.5 Å². The van der Waals surface area contributed by atoms with Gasteiger partial charge in [-0.1, -0.05) is 28.1 Å². The minimum absolute atomic E-state index is 0.397. The van der Waals surface area contributed by atoms with Gasteiger partial charge in [0.2, 0.25) is 0 Å². The molecule has 0 saturated carbocycles. The molecule has 0 heterocycles. The minimum Gasteiger partial charge on any atom is -0.456 e. The number of nitrogens with two attached hydrogens (primary N) is 1. The number of rotatable bonds is 3. The van der Waals surface area contributed by atoms with Gasteiger partial charge in [-0.2, -0.15) is 0 Å². The first-order valence-corrected chi connectivity index (χ1v) is 7.50. The highest BCUT2D eigenvalue weighted by molar-refractivity contribution is 9.11. The van der Waals surface area contributed by atoms with Gasteiger partial charge in [0.15, 0.2) is 0 Å². The summed E-state index contributed by atoms with van der Waals surface area (Å²) in [6, 6.07) is 11.4. The topological polar surface area (TPSA) is 35.2 Å². The van der Waals surface area contributed by atoms with E-state index >= 15 is 0 Å². The first kappa shape index (κ1) is 14.5. The lowest BCUT2D eigenvalue weighted by molar-refractivity contribution is 0.479. The van der Waals surface area contributed by atoms with Crippen LogP contribution in [0.2, 0.25) is 0 Å². The van der Waals surface area contributed by atoms with E-state index in [2.05, 4.69) is 31.9 Å². The van der Waals surface area contributed by atoms with Gasteiger partial charge in [0, 0.05) is 10.0 Å². The second-order valence-corrected chi connectivity index (χ2v) is 6.23. The molecule has 0 bridgehead atoms. The van der Waals surface area contributed by atoms with E-state index in [0.29, 0.717) is 4.99 Å². The van der Waals surface area contributed by atoms with Crippen molar-refractivity contribution in [3.63, 3.8) is 0 Å². The molecule has 0 unspecified atom stereocenters. The summed E-state index contributed by atoms with van der Waals surface area (Å²) < 4.78 is 7.71. The van der Waals surface area contributed by atoms with Gasteiger partial charge in [0.1, 0.15) is 16.5 Å². The molecule has 2 N–H and O–H groups in total. The third-order valence-corrected chi connectivity index (χ3v) is 3.92. The van der Waals surface area contributed by atoms with Gasteiger partial charge in [-0.3, -0.25) is 0 Å². The summed E-state index contributed by atoms with van der Waals surface area (Å²) in [7, 11) is 0. The molecule has 19 heavy (non-hydrogen) atoms. The van der Waals surface area contributed by atoms with Crippen LogP contribution in [-0.2, 0) is 0 Å². The maximum Gasteiger partial charge on any atom is 0.141 e. The summed E-state index contributed by atoms with van der Waals surface area (Å²) in [5.41, 5.74) is 7.51. The van der Waals surface area contributed by atoms with Crippen LogP contribution >= 0.6 is 44.1 Å². The van der Waals surface area contributed by atoms with E-state index in [0.717, 1.165) is 31.6 Å². The minimum atomic E-state index is 0.397. The second kappa shape index (κ2) is 6.03. The average Bonchev–Trinajstić information content (AvgIpc) is 2.32. The first-order valence-electron chi connectivity index (χ1n) is 5.51. The molecule has 0 spiro atoms. The van der Waals surface area contributed by atoms with E-state index in [1.165, 1.54) is 0 Å². The molecular weight excluding hydrogens is 390 g/mol. The summed E-state index contributed by atoms with van der Waals surface area (Å²) in [4.78, 5) is 0.397. The second-order valence-electron chi connectivity index (χ2n) is 4.02. The quantitative estimate of drug-likeness (QED) is 0.740. The highest BCUT2D eigenvalue weighted by Gasteiger charge is 2.06. The van der Waals surface area contributed by atoms with Crippen molar-refractivity contribution in [3.8, 4) is 11.5 Å². The monoisotopic (exact) mass is 399 g/mol. The lowest BCUT2D eigenvalue weighted by atomic mass is 10.1. The van der Waals surface area contributed by atoms with Crippen molar-refractivity contribution >= 4 is 49.1 Å². The fourth-order valence-electron chi connectivity index (χ4n) is 1.66. The molecule has 2 aromatic carbocycles. The van der Waals surface area contributed by atoms with Gasteiger partial charge in [0.05, 0.1) is 4.47 Å². The predicted octanol–water partition coefficient (Wildman–Crippen LogP) is 4.95. The molecule has 5 heteroatoms. The van der Waals surface area contributed by atoms with Gasteiger partial charge < -0.3 is 10.5 Å². The molecule has 0 aliphatic carbocycles. The largest absolute Gasteiger partial charge is 0.456 e. The zero-order chi connectivity index (χ0) is 14.0. The molecule has 0 fully saturated rings. The molecule has 0 saturated heterocycles. The molecule has 0 amide bonds. The van der Waals surface area contributed by atoms with Gasteiger partial charge in [-0.15, -0.1) is 0 Å². The SMILES string of the molecule is Cc1cc(Oc2ccc(Br)cc2Br)ccc1C(N)=S. The fourth-order valence-corrected chi connectivity index (χ4v) is 3.02. The van der Waals surface area contributed by atoms with Crippen LogP contribution in [0.4, 0.5) is 0 Å². The Hall–Kier alpha value is -0.910. The zero-order valence-corrected chi connectivity index (χ0v) is 14.1. The number of ether oxygens (including phenoxy) is 1. The van der Waals surface area contributed by atoms with Crippen LogP contribution in [0.1, 0.15) is 11.1 Å². The van der Waals surface area contributed by atoms with Crippen molar-refractivity contribution in [1.29, 1.82) is 0 Å². The summed E-state index contributed by atoms with van der Waals surface area (Å²) in [5.74, 6) is 1.51. The van der Waals surface area contributed by atoms with Crippen LogP contribution in [0.5, 0.6) is 11.5 Å². The number of hydrogen-bond donors (Lipinski definition) is 1. The molecule has 0 aliphatic heterocycles. The Kier molecular flexibility index (Phi) is 4.60. The highest BCUT2D eigenvalue weighted by Crippen LogP contribution is 2.32. The third kappa shape index (κ3) is 3.55. The maximum absolute atomic E-state index is 5.83. The van der Waals surface area contributed by atoms with Crippen LogP contribution in [0.3, 0.4) is 0 Å². The molecule has 0 radical (unpaired) electrons. The van der Waals surface area contributed by atoms with Crippen LogP contribution < -0.4 is 10.5 Å². The summed E-state index contributed by atoms with van der Waals surface area (Å²) in [5, 5.41) is 0. The lowest BCUT2D eigenvalue weighted by Crippen LogP contribution is -2.10. The Morgan fingerprint density at radius 1 is 1.16 bits per heavy atom. The lowest BCUT2D eigenvalue weighted by Gasteiger charge is -2.10. The fraction of sp³-hybridized carbons (Fsp3) is 0.0714. The van der Waals surface area contributed by atoms with Gasteiger partial charge >= 0.3 is 0 Å². The summed E-state index contributed by atoms with van der Waals surface area (Å²) >= 11 is 11.9. The summed E-state index contributed by atoms with van der Waals surface area (Å²) in [6.45, 7) is 1.96. The number of hydrogen-bond acceptors (Lipinski definition) is 2. The third-order valence-electron chi connectivity index (χ3n) is 2.59. The van der Waals surface area contributed by atoms with E-state index in [4.69, 9.17) is 22.7 Å². The smallest absolute Gasteiger partial charge is 0.141 e. The molecule has 0 atom stereocenters. The van der Waals surface area contributed by atoms with Gasteiger partial charge in [0.25, 0.3) is 0 Å². The molecule has 0 aliphatic rings. The number of aryl methyl sites for hydroxylation is 1. The Bertz CT molecular complexity index is 643. The summed E-state index contributed by atoms with van der Waals surface area (Å²) in [6.07, 6.45) is 0. The van der Waals surface area contributed by atoms with E-state index in [1.807, 2.05) is 43.3 Å². The van der Waals surface area contributed by atoms with Crippen molar-refractivity contribution < 1.29 is 4.74 Å². The van der Waals surface area contributed by atoms with Crippen molar-refractivity contribution in [1.82, 2.24) is 0 Å². The van der Waals surface area contributed by atoms with Crippen LogP contribution in [0.25, 0.3) is 0 Å². The molecule has 98 valence electrons. The highest BCUT2D eigenvalue weighted by atomic mass is 79.9. The normalized spacial score (nSPS) is 10.3. The molecular formula is C14H11Br2NOS. The van der Waals surface area contributed by atoms with Gasteiger partial charge in [-0.25, -0.2) is 0 Å². The molecule has 2 nitrogen and oxygen atoms in total. The van der Waals surface area contributed by atoms with E-state index in [-0.39, 0.29) is 0 Å². The van der Waals surface area contributed by atoms with Crippen LogP contribution in [0.15, 0.2) is 45.3 Å². The average molecular weight is 401 g/mol. The van der Waals surface area contributed by atoms with Gasteiger partial charge in [-0.05, 0) is 64.8 Å². The van der Waals surface area contributed by atoms with Crippen molar-refractivity contribution in [2.75, 3.05) is 0 Å². The Morgan fingerprint density at radius 3 is 2.47 bits per heavy atom. The van der Waals surface area contributed by atoms with E-state index in [1.54, 1.807) is 0 Å². The number of halogens is 2. The van der Waals surface area contributed by atoms with E-state index in [9.17, 15) is 0 Å². The number of benzene rings is 2. The Labute approximate surface area is 134 Å². The molecule has 2 rings (SSSR count). The van der Waals surface area contributed by atoms with Crippen LogP contribution in [0, 0.1) is 6.92 Å².